The maximum atomic E-state index is 13.3. The maximum Gasteiger partial charge on any atom is 0.167 e. The molecule has 2 nitrogen and oxygen atoms in total. The zero-order valence-corrected chi connectivity index (χ0v) is 8.04. The van der Waals surface area contributed by atoms with Crippen LogP contribution in [0.1, 0.15) is 5.56 Å². The Morgan fingerprint density at radius 3 is 2.86 bits per heavy atom. The van der Waals surface area contributed by atoms with Crippen LogP contribution in [0.2, 0.25) is 0 Å². The molecule has 0 amide bonds. The summed E-state index contributed by atoms with van der Waals surface area (Å²) in [4.78, 5) is 4.08. The summed E-state index contributed by atoms with van der Waals surface area (Å²) in [7, 11) is 1.45. The fourth-order valence-electron chi connectivity index (χ4n) is 1.44. The first-order chi connectivity index (χ1) is 6.72. The summed E-state index contributed by atoms with van der Waals surface area (Å²) in [5.74, 6) is -0.119. The summed E-state index contributed by atoms with van der Waals surface area (Å²) < 4.78 is 18.2. The van der Waals surface area contributed by atoms with Gasteiger partial charge in [0.15, 0.2) is 11.6 Å². The lowest BCUT2D eigenvalue weighted by atomic mass is 10.1. The van der Waals surface area contributed by atoms with E-state index in [2.05, 4.69) is 4.98 Å². The number of halogens is 1. The Bertz CT molecular complexity index is 482. The van der Waals surface area contributed by atoms with Crippen LogP contribution in [0.5, 0.6) is 5.75 Å². The van der Waals surface area contributed by atoms with Crippen molar-refractivity contribution in [2.45, 2.75) is 6.92 Å². The number of fused-ring (bicyclic) bond motifs is 1. The van der Waals surface area contributed by atoms with Crippen molar-refractivity contribution in [2.75, 3.05) is 7.11 Å². The van der Waals surface area contributed by atoms with Crippen molar-refractivity contribution in [3.05, 3.63) is 35.8 Å². The summed E-state index contributed by atoms with van der Waals surface area (Å²) in [6.07, 6.45) is 1.67. The van der Waals surface area contributed by atoms with Gasteiger partial charge in [-0.05, 0) is 24.6 Å². The monoisotopic (exact) mass is 191 g/mol. The lowest BCUT2D eigenvalue weighted by molar-refractivity contribution is 0.387. The molecule has 0 aliphatic carbocycles. The van der Waals surface area contributed by atoms with E-state index in [1.54, 1.807) is 12.3 Å². The Hall–Kier alpha value is -1.64. The number of hydrogen-bond acceptors (Lipinski definition) is 2. The highest BCUT2D eigenvalue weighted by molar-refractivity contribution is 5.83. The number of methoxy groups -OCH3 is 1. The molecular formula is C11H10FNO. The molecule has 3 heteroatoms. The molecule has 2 rings (SSSR count). The van der Waals surface area contributed by atoms with Gasteiger partial charge in [-0.15, -0.1) is 0 Å². The number of nitrogens with zero attached hydrogens (tertiary/aromatic N) is 1. The molecule has 0 aliphatic rings. The van der Waals surface area contributed by atoms with Crippen LogP contribution < -0.4 is 4.74 Å². The van der Waals surface area contributed by atoms with E-state index in [9.17, 15) is 4.39 Å². The van der Waals surface area contributed by atoms with Crippen molar-refractivity contribution < 1.29 is 9.13 Å². The fraction of sp³-hybridized carbons (Fsp3) is 0.182. The van der Waals surface area contributed by atoms with E-state index in [0.29, 0.717) is 5.52 Å². The van der Waals surface area contributed by atoms with Gasteiger partial charge in [-0.25, -0.2) is 4.39 Å². The number of ether oxygens (including phenoxy) is 1. The Morgan fingerprint density at radius 2 is 2.14 bits per heavy atom. The summed E-state index contributed by atoms with van der Waals surface area (Å²) in [6.45, 7) is 1.96. The predicted molar refractivity (Wildman–Crippen MR) is 53.0 cm³/mol. The van der Waals surface area contributed by atoms with Gasteiger partial charge in [0.05, 0.1) is 12.6 Å². The van der Waals surface area contributed by atoms with E-state index in [1.165, 1.54) is 13.2 Å². The second kappa shape index (κ2) is 3.25. The number of pyridine rings is 1. The van der Waals surface area contributed by atoms with Crippen LogP contribution in [-0.2, 0) is 0 Å². The molecule has 1 aromatic carbocycles. The fourth-order valence-corrected chi connectivity index (χ4v) is 1.44. The van der Waals surface area contributed by atoms with Gasteiger partial charge >= 0.3 is 0 Å². The van der Waals surface area contributed by atoms with Gasteiger partial charge in [0, 0.05) is 17.6 Å². The van der Waals surface area contributed by atoms with Crippen LogP contribution in [0.4, 0.5) is 4.39 Å². The topological polar surface area (TPSA) is 22.1 Å². The Morgan fingerprint density at radius 1 is 1.36 bits per heavy atom. The van der Waals surface area contributed by atoms with E-state index >= 15 is 0 Å². The molecule has 0 unspecified atom stereocenters. The highest BCUT2D eigenvalue weighted by atomic mass is 19.1. The van der Waals surface area contributed by atoms with Crippen LogP contribution >= 0.6 is 0 Å². The minimum Gasteiger partial charge on any atom is -0.494 e. The second-order valence-electron chi connectivity index (χ2n) is 3.13. The summed E-state index contributed by atoms with van der Waals surface area (Å²) in [5.41, 5.74) is 1.72. The Kier molecular flexibility index (Phi) is 2.08. The van der Waals surface area contributed by atoms with Gasteiger partial charge in [-0.1, -0.05) is 0 Å². The lowest BCUT2D eigenvalue weighted by Crippen LogP contribution is -1.90. The van der Waals surface area contributed by atoms with Gasteiger partial charge in [-0.2, -0.15) is 0 Å². The van der Waals surface area contributed by atoms with E-state index in [4.69, 9.17) is 4.74 Å². The normalized spacial score (nSPS) is 10.5. The van der Waals surface area contributed by atoms with Crippen LogP contribution in [0, 0.1) is 12.7 Å². The van der Waals surface area contributed by atoms with Crippen molar-refractivity contribution in [3.63, 3.8) is 0 Å². The summed E-state index contributed by atoms with van der Waals surface area (Å²) >= 11 is 0. The zero-order chi connectivity index (χ0) is 10.1. The molecule has 0 saturated heterocycles. The molecule has 72 valence electrons. The van der Waals surface area contributed by atoms with Crippen molar-refractivity contribution in [1.82, 2.24) is 4.98 Å². The third-order valence-corrected chi connectivity index (χ3v) is 2.23. The number of rotatable bonds is 1. The molecule has 0 N–H and O–H groups in total. The van der Waals surface area contributed by atoms with Crippen LogP contribution in [0.15, 0.2) is 24.4 Å². The average Bonchev–Trinajstić information content (AvgIpc) is 2.17. The molecule has 0 atom stereocenters. The van der Waals surface area contributed by atoms with Gasteiger partial charge in [0.2, 0.25) is 0 Å². The molecule has 0 fully saturated rings. The highest BCUT2D eigenvalue weighted by Crippen LogP contribution is 2.25. The molecule has 2 aromatic rings. The molecule has 0 bridgehead atoms. The van der Waals surface area contributed by atoms with Gasteiger partial charge in [-0.3, -0.25) is 4.98 Å². The number of hydrogen-bond donors (Lipinski definition) is 0. The average molecular weight is 191 g/mol. The van der Waals surface area contributed by atoms with Crippen LogP contribution in [0.25, 0.3) is 10.9 Å². The van der Waals surface area contributed by atoms with Gasteiger partial charge < -0.3 is 4.74 Å². The minimum atomic E-state index is -0.377. The first kappa shape index (κ1) is 8.94. The number of benzene rings is 1. The minimum absolute atomic E-state index is 0.258. The zero-order valence-electron chi connectivity index (χ0n) is 8.04. The molecule has 1 heterocycles. The standard InChI is InChI=1S/C11H10FNO/c1-7-3-4-13-10-6-9(12)11(14-2)5-8(7)10/h3-6H,1-2H3. The largest absolute Gasteiger partial charge is 0.494 e. The third-order valence-electron chi connectivity index (χ3n) is 2.23. The number of aromatic nitrogens is 1. The molecule has 0 spiro atoms. The lowest BCUT2D eigenvalue weighted by Gasteiger charge is -2.05. The first-order valence-corrected chi connectivity index (χ1v) is 4.31. The molecular weight excluding hydrogens is 181 g/mol. The highest BCUT2D eigenvalue weighted by Gasteiger charge is 2.06. The second-order valence-corrected chi connectivity index (χ2v) is 3.13. The number of aryl methyl sites for hydroxylation is 1. The van der Waals surface area contributed by atoms with E-state index < -0.39 is 0 Å². The van der Waals surface area contributed by atoms with Crippen molar-refractivity contribution in [3.8, 4) is 5.75 Å². The summed E-state index contributed by atoms with van der Waals surface area (Å²) in [6, 6.07) is 4.95. The Balaban J connectivity index is 2.80. The van der Waals surface area contributed by atoms with E-state index in [-0.39, 0.29) is 11.6 Å². The molecule has 0 radical (unpaired) electrons. The molecule has 1 aromatic heterocycles. The van der Waals surface area contributed by atoms with Gasteiger partial charge in [0.25, 0.3) is 0 Å². The quantitative estimate of drug-likeness (QED) is 0.691. The van der Waals surface area contributed by atoms with Crippen molar-refractivity contribution in [2.24, 2.45) is 0 Å². The first-order valence-electron chi connectivity index (χ1n) is 4.31. The van der Waals surface area contributed by atoms with E-state index in [1.807, 2.05) is 13.0 Å². The molecule has 0 saturated carbocycles. The summed E-state index contributed by atoms with van der Waals surface area (Å²) in [5, 5.41) is 0.922. The van der Waals surface area contributed by atoms with E-state index in [0.717, 1.165) is 10.9 Å². The van der Waals surface area contributed by atoms with Crippen molar-refractivity contribution in [1.29, 1.82) is 0 Å². The predicted octanol–water partition coefficient (Wildman–Crippen LogP) is 2.69. The van der Waals surface area contributed by atoms with Crippen molar-refractivity contribution >= 4 is 10.9 Å². The SMILES string of the molecule is COc1cc2c(C)ccnc2cc1F. The smallest absolute Gasteiger partial charge is 0.167 e. The van der Waals surface area contributed by atoms with Crippen LogP contribution in [0.3, 0.4) is 0 Å². The Labute approximate surface area is 81.3 Å². The third kappa shape index (κ3) is 1.31. The van der Waals surface area contributed by atoms with Crippen LogP contribution in [-0.4, -0.2) is 12.1 Å². The maximum absolute atomic E-state index is 13.3. The molecule has 0 aliphatic heterocycles. The van der Waals surface area contributed by atoms with Gasteiger partial charge in [0.1, 0.15) is 0 Å². The molecule has 14 heavy (non-hydrogen) atoms.